The van der Waals surface area contributed by atoms with Crippen molar-refractivity contribution >= 4 is 6.29 Å². The Balaban J connectivity index is 2.64. The van der Waals surface area contributed by atoms with E-state index in [4.69, 9.17) is 5.26 Å². The Labute approximate surface area is 112 Å². The van der Waals surface area contributed by atoms with Gasteiger partial charge in [-0.25, -0.2) is 4.68 Å². The second-order valence-corrected chi connectivity index (χ2v) is 4.21. The summed E-state index contributed by atoms with van der Waals surface area (Å²) in [6, 6.07) is 9.35. The molecule has 0 radical (unpaired) electrons. The Morgan fingerprint density at radius 2 is 2.16 bits per heavy atom. The van der Waals surface area contributed by atoms with Gasteiger partial charge >= 0.3 is 0 Å². The molecular formula is C15H15N3O. The lowest BCUT2D eigenvalue weighted by molar-refractivity contribution is 0.112. The lowest BCUT2D eigenvalue weighted by Crippen LogP contribution is -2.02. The molecule has 1 aromatic heterocycles. The number of hydrogen-bond donors (Lipinski definition) is 0. The predicted octanol–water partition coefficient (Wildman–Crippen LogP) is 2.68. The molecular weight excluding hydrogens is 238 g/mol. The van der Waals surface area contributed by atoms with Gasteiger partial charge in [-0.05, 0) is 31.0 Å². The molecule has 0 spiro atoms. The molecule has 4 heteroatoms. The first-order valence-electron chi connectivity index (χ1n) is 6.31. The number of aldehydes is 1. The third-order valence-electron chi connectivity index (χ3n) is 3.11. The summed E-state index contributed by atoms with van der Waals surface area (Å²) in [5.41, 5.74) is 3.77. The van der Waals surface area contributed by atoms with Crippen molar-refractivity contribution < 1.29 is 4.79 Å². The summed E-state index contributed by atoms with van der Waals surface area (Å²) < 4.78 is 1.77. The van der Waals surface area contributed by atoms with Gasteiger partial charge in [-0.3, -0.25) is 4.79 Å². The molecule has 0 aliphatic carbocycles. The molecule has 2 rings (SSSR count). The molecule has 0 atom stereocenters. The lowest BCUT2D eigenvalue weighted by atomic mass is 10.1. The van der Waals surface area contributed by atoms with Crippen LogP contribution in [0.2, 0.25) is 0 Å². The molecule has 0 bridgehead atoms. The van der Waals surface area contributed by atoms with E-state index in [9.17, 15) is 4.79 Å². The van der Waals surface area contributed by atoms with Crippen LogP contribution in [0, 0.1) is 11.3 Å². The monoisotopic (exact) mass is 253 g/mol. The molecule has 2 aromatic rings. The van der Waals surface area contributed by atoms with Crippen LogP contribution in [0.1, 0.15) is 41.2 Å². The Morgan fingerprint density at radius 1 is 1.37 bits per heavy atom. The second kappa shape index (κ2) is 5.49. The van der Waals surface area contributed by atoms with E-state index < -0.39 is 0 Å². The molecule has 0 N–H and O–H groups in total. The van der Waals surface area contributed by atoms with Crippen molar-refractivity contribution in [1.29, 1.82) is 5.26 Å². The van der Waals surface area contributed by atoms with Gasteiger partial charge < -0.3 is 0 Å². The topological polar surface area (TPSA) is 58.7 Å². The van der Waals surface area contributed by atoms with Gasteiger partial charge in [0.05, 0.1) is 34.3 Å². The summed E-state index contributed by atoms with van der Waals surface area (Å²) in [6.45, 7) is 3.97. The Morgan fingerprint density at radius 3 is 2.74 bits per heavy atom. The van der Waals surface area contributed by atoms with Crippen LogP contribution in [0.5, 0.6) is 0 Å². The van der Waals surface area contributed by atoms with Crippen LogP contribution in [-0.2, 0) is 12.8 Å². The number of nitriles is 1. The molecule has 0 unspecified atom stereocenters. The predicted molar refractivity (Wildman–Crippen MR) is 72.4 cm³/mol. The molecule has 0 saturated carbocycles. The Hall–Kier alpha value is -2.41. The summed E-state index contributed by atoms with van der Waals surface area (Å²) >= 11 is 0. The van der Waals surface area contributed by atoms with Gasteiger partial charge in [0.15, 0.2) is 6.29 Å². The number of aromatic nitrogens is 2. The summed E-state index contributed by atoms with van der Waals surface area (Å²) in [7, 11) is 0. The van der Waals surface area contributed by atoms with Crippen molar-refractivity contribution in [2.24, 2.45) is 0 Å². The molecule has 0 fully saturated rings. The highest BCUT2D eigenvalue weighted by atomic mass is 16.1. The average molecular weight is 253 g/mol. The van der Waals surface area contributed by atoms with Crippen LogP contribution in [0.3, 0.4) is 0 Å². The van der Waals surface area contributed by atoms with Crippen LogP contribution in [0.15, 0.2) is 24.3 Å². The molecule has 19 heavy (non-hydrogen) atoms. The first-order valence-corrected chi connectivity index (χ1v) is 6.31. The van der Waals surface area contributed by atoms with E-state index in [0.717, 1.165) is 29.8 Å². The van der Waals surface area contributed by atoms with E-state index in [1.807, 2.05) is 26.0 Å². The highest BCUT2D eigenvalue weighted by Gasteiger charge is 2.15. The minimum Gasteiger partial charge on any atom is -0.298 e. The first-order chi connectivity index (χ1) is 9.24. The van der Waals surface area contributed by atoms with Crippen molar-refractivity contribution in [3.05, 3.63) is 46.8 Å². The van der Waals surface area contributed by atoms with E-state index in [-0.39, 0.29) is 0 Å². The maximum absolute atomic E-state index is 11.2. The van der Waals surface area contributed by atoms with E-state index in [2.05, 4.69) is 11.2 Å². The zero-order chi connectivity index (χ0) is 13.8. The van der Waals surface area contributed by atoms with E-state index >= 15 is 0 Å². The van der Waals surface area contributed by atoms with E-state index in [1.165, 1.54) is 0 Å². The molecule has 1 heterocycles. The minimum absolute atomic E-state index is 0.584. The van der Waals surface area contributed by atoms with Crippen LogP contribution in [0.4, 0.5) is 0 Å². The maximum Gasteiger partial charge on any atom is 0.153 e. The summed E-state index contributed by atoms with van der Waals surface area (Å²) in [4.78, 5) is 11.2. The first kappa shape index (κ1) is 13.0. The van der Waals surface area contributed by atoms with E-state index in [0.29, 0.717) is 17.5 Å². The van der Waals surface area contributed by atoms with Crippen molar-refractivity contribution in [1.82, 2.24) is 9.78 Å². The van der Waals surface area contributed by atoms with Gasteiger partial charge in [0.25, 0.3) is 0 Å². The van der Waals surface area contributed by atoms with Gasteiger partial charge in [-0.1, -0.05) is 19.9 Å². The normalized spacial score (nSPS) is 10.2. The van der Waals surface area contributed by atoms with E-state index in [1.54, 1.807) is 16.8 Å². The number of carbonyl (C=O) groups is 1. The molecule has 4 nitrogen and oxygen atoms in total. The fraction of sp³-hybridized carbons (Fsp3) is 0.267. The quantitative estimate of drug-likeness (QED) is 0.787. The van der Waals surface area contributed by atoms with Crippen LogP contribution >= 0.6 is 0 Å². The van der Waals surface area contributed by atoms with Crippen molar-refractivity contribution in [2.75, 3.05) is 0 Å². The minimum atomic E-state index is 0.584. The Bertz CT molecular complexity index is 650. The van der Waals surface area contributed by atoms with Crippen molar-refractivity contribution in [3.63, 3.8) is 0 Å². The molecule has 0 aliphatic heterocycles. The number of rotatable bonds is 4. The van der Waals surface area contributed by atoms with Crippen molar-refractivity contribution in [2.45, 2.75) is 26.7 Å². The number of aryl methyl sites for hydroxylation is 1. The fourth-order valence-corrected chi connectivity index (χ4v) is 2.17. The smallest absolute Gasteiger partial charge is 0.153 e. The fourth-order valence-electron chi connectivity index (χ4n) is 2.17. The third-order valence-corrected chi connectivity index (χ3v) is 3.11. The highest BCUT2D eigenvalue weighted by molar-refractivity contribution is 5.78. The lowest BCUT2D eigenvalue weighted by Gasteiger charge is -2.06. The molecule has 96 valence electrons. The summed E-state index contributed by atoms with van der Waals surface area (Å²) in [6.07, 6.45) is 2.30. The van der Waals surface area contributed by atoms with Crippen LogP contribution < -0.4 is 0 Å². The highest BCUT2D eigenvalue weighted by Crippen LogP contribution is 2.19. The zero-order valence-electron chi connectivity index (χ0n) is 11.1. The number of hydrogen-bond acceptors (Lipinski definition) is 3. The molecule has 1 aromatic carbocycles. The molecule has 0 saturated heterocycles. The second-order valence-electron chi connectivity index (χ2n) is 4.21. The number of carbonyl (C=O) groups excluding carboxylic acids is 1. The van der Waals surface area contributed by atoms with Crippen LogP contribution in [0.25, 0.3) is 5.69 Å². The number of benzene rings is 1. The van der Waals surface area contributed by atoms with Gasteiger partial charge in [0.1, 0.15) is 0 Å². The van der Waals surface area contributed by atoms with Crippen LogP contribution in [-0.4, -0.2) is 16.1 Å². The number of nitrogens with zero attached hydrogens (tertiary/aromatic N) is 3. The van der Waals surface area contributed by atoms with Gasteiger partial charge in [-0.15, -0.1) is 0 Å². The molecule has 0 aliphatic rings. The SMILES string of the molecule is CCc1nn(-c2cccc(C#N)c2)c(CC)c1C=O. The van der Waals surface area contributed by atoms with Gasteiger partial charge in [0, 0.05) is 0 Å². The van der Waals surface area contributed by atoms with Gasteiger partial charge in [0.2, 0.25) is 0 Å². The maximum atomic E-state index is 11.2. The standard InChI is InChI=1S/C15H15N3O/c1-3-14-13(10-19)15(4-2)18(17-14)12-7-5-6-11(8-12)9-16/h5-8,10H,3-4H2,1-2H3. The summed E-state index contributed by atoms with van der Waals surface area (Å²) in [5, 5.41) is 13.4. The van der Waals surface area contributed by atoms with Gasteiger partial charge in [-0.2, -0.15) is 10.4 Å². The third kappa shape index (κ3) is 2.27. The average Bonchev–Trinajstić information content (AvgIpc) is 2.84. The zero-order valence-corrected chi connectivity index (χ0v) is 11.1. The van der Waals surface area contributed by atoms with Crippen molar-refractivity contribution in [3.8, 4) is 11.8 Å². The largest absolute Gasteiger partial charge is 0.298 e. The summed E-state index contributed by atoms with van der Waals surface area (Å²) in [5.74, 6) is 0. The molecule has 0 amide bonds. The Kier molecular flexibility index (Phi) is 3.76.